The van der Waals surface area contributed by atoms with Gasteiger partial charge in [0, 0.05) is 5.56 Å². The molecule has 1 aromatic carbocycles. The van der Waals surface area contributed by atoms with Gasteiger partial charge in [0.2, 0.25) is 0 Å². The summed E-state index contributed by atoms with van der Waals surface area (Å²) in [4.78, 5) is 10.4. The SMILES string of the molecule is CCCC(N=O)C(F)(F)c1ccccc1. The van der Waals surface area contributed by atoms with Crippen LogP contribution in [-0.2, 0) is 5.92 Å². The van der Waals surface area contributed by atoms with E-state index in [-0.39, 0.29) is 12.0 Å². The van der Waals surface area contributed by atoms with Gasteiger partial charge >= 0.3 is 0 Å². The van der Waals surface area contributed by atoms with Crippen molar-refractivity contribution in [2.75, 3.05) is 0 Å². The molecule has 0 spiro atoms. The van der Waals surface area contributed by atoms with Gasteiger partial charge in [-0.3, -0.25) is 0 Å². The molecule has 4 heteroatoms. The zero-order valence-electron chi connectivity index (χ0n) is 8.49. The number of benzene rings is 1. The first-order valence-electron chi connectivity index (χ1n) is 4.88. The van der Waals surface area contributed by atoms with Gasteiger partial charge in [-0.15, -0.1) is 0 Å². The molecular formula is C11H13F2NO. The van der Waals surface area contributed by atoms with Crippen molar-refractivity contribution in [2.24, 2.45) is 5.18 Å². The Bertz CT molecular complexity index is 314. The van der Waals surface area contributed by atoms with Crippen LogP contribution in [0.25, 0.3) is 0 Å². The summed E-state index contributed by atoms with van der Waals surface area (Å²) >= 11 is 0. The van der Waals surface area contributed by atoms with Gasteiger partial charge in [-0.1, -0.05) is 48.9 Å². The average molecular weight is 213 g/mol. The van der Waals surface area contributed by atoms with Crippen LogP contribution >= 0.6 is 0 Å². The van der Waals surface area contributed by atoms with Crippen LogP contribution < -0.4 is 0 Å². The van der Waals surface area contributed by atoms with Crippen molar-refractivity contribution in [1.29, 1.82) is 0 Å². The minimum absolute atomic E-state index is 0.103. The molecular weight excluding hydrogens is 200 g/mol. The fraction of sp³-hybridized carbons (Fsp3) is 0.455. The lowest BCUT2D eigenvalue weighted by atomic mass is 9.98. The lowest BCUT2D eigenvalue weighted by Gasteiger charge is -2.21. The molecule has 0 radical (unpaired) electrons. The third kappa shape index (κ3) is 2.58. The summed E-state index contributed by atoms with van der Waals surface area (Å²) in [7, 11) is 0. The van der Waals surface area contributed by atoms with Gasteiger partial charge in [0.25, 0.3) is 5.92 Å². The largest absolute Gasteiger partial charge is 0.298 e. The van der Waals surface area contributed by atoms with Crippen molar-refractivity contribution in [3.63, 3.8) is 0 Å². The molecule has 0 aliphatic rings. The Morgan fingerprint density at radius 2 is 1.93 bits per heavy atom. The van der Waals surface area contributed by atoms with E-state index in [2.05, 4.69) is 5.18 Å². The van der Waals surface area contributed by atoms with Crippen LogP contribution in [0.5, 0.6) is 0 Å². The van der Waals surface area contributed by atoms with E-state index in [1.54, 1.807) is 13.0 Å². The summed E-state index contributed by atoms with van der Waals surface area (Å²) < 4.78 is 27.4. The second kappa shape index (κ2) is 4.96. The number of halogens is 2. The predicted octanol–water partition coefficient (Wildman–Crippen LogP) is 3.71. The van der Waals surface area contributed by atoms with Crippen molar-refractivity contribution in [1.82, 2.24) is 0 Å². The molecule has 0 bridgehead atoms. The van der Waals surface area contributed by atoms with Gasteiger partial charge in [-0.25, -0.2) is 0 Å². The van der Waals surface area contributed by atoms with Gasteiger partial charge in [0.05, 0.1) is 0 Å². The number of rotatable bonds is 5. The summed E-state index contributed by atoms with van der Waals surface area (Å²) in [5.41, 5.74) is -0.150. The van der Waals surface area contributed by atoms with Crippen molar-refractivity contribution in [2.45, 2.75) is 31.7 Å². The molecule has 15 heavy (non-hydrogen) atoms. The van der Waals surface area contributed by atoms with E-state index in [1.807, 2.05) is 0 Å². The summed E-state index contributed by atoms with van der Waals surface area (Å²) in [6.45, 7) is 1.75. The van der Waals surface area contributed by atoms with Crippen molar-refractivity contribution < 1.29 is 8.78 Å². The molecule has 0 fully saturated rings. The molecule has 0 N–H and O–H groups in total. The second-order valence-electron chi connectivity index (χ2n) is 3.40. The van der Waals surface area contributed by atoms with Gasteiger partial charge in [-0.2, -0.15) is 13.7 Å². The van der Waals surface area contributed by atoms with E-state index in [9.17, 15) is 13.7 Å². The second-order valence-corrected chi connectivity index (χ2v) is 3.40. The monoisotopic (exact) mass is 213 g/mol. The van der Waals surface area contributed by atoms with Crippen LogP contribution in [0.1, 0.15) is 25.3 Å². The van der Waals surface area contributed by atoms with Crippen molar-refractivity contribution in [3.8, 4) is 0 Å². The van der Waals surface area contributed by atoms with E-state index < -0.39 is 12.0 Å². The standard InChI is InChI=1S/C11H13F2NO/c1-2-6-10(14-15)11(12,13)9-7-4-3-5-8-9/h3-5,7-8,10H,2,6H2,1H3. The average Bonchev–Trinajstić information content (AvgIpc) is 2.27. The molecule has 1 unspecified atom stereocenters. The first-order valence-corrected chi connectivity index (χ1v) is 4.88. The number of hydrogen-bond donors (Lipinski definition) is 0. The van der Waals surface area contributed by atoms with E-state index >= 15 is 0 Å². The van der Waals surface area contributed by atoms with Crippen LogP contribution in [0.3, 0.4) is 0 Å². The highest BCUT2D eigenvalue weighted by Gasteiger charge is 2.41. The van der Waals surface area contributed by atoms with E-state index in [0.717, 1.165) is 0 Å². The minimum atomic E-state index is -3.17. The molecule has 2 nitrogen and oxygen atoms in total. The van der Waals surface area contributed by atoms with Crippen LogP contribution in [0.2, 0.25) is 0 Å². The zero-order chi connectivity index (χ0) is 11.3. The van der Waals surface area contributed by atoms with E-state index in [0.29, 0.717) is 6.42 Å². The van der Waals surface area contributed by atoms with Gasteiger partial charge in [-0.05, 0) is 6.42 Å². The molecule has 0 heterocycles. The Balaban J connectivity index is 2.94. The van der Waals surface area contributed by atoms with Crippen LogP contribution in [-0.4, -0.2) is 6.04 Å². The highest BCUT2D eigenvalue weighted by molar-refractivity contribution is 5.21. The maximum absolute atomic E-state index is 13.7. The maximum Gasteiger partial charge on any atom is 0.298 e. The molecule has 1 atom stereocenters. The minimum Gasteiger partial charge on any atom is -0.199 e. The Morgan fingerprint density at radius 3 is 2.40 bits per heavy atom. The fourth-order valence-corrected chi connectivity index (χ4v) is 1.43. The summed E-state index contributed by atoms with van der Waals surface area (Å²) in [5, 5.41) is 2.53. The van der Waals surface area contributed by atoms with Crippen molar-refractivity contribution >= 4 is 0 Å². The van der Waals surface area contributed by atoms with Gasteiger partial charge in [0.1, 0.15) is 0 Å². The first kappa shape index (κ1) is 11.8. The molecule has 0 saturated heterocycles. The van der Waals surface area contributed by atoms with E-state index in [4.69, 9.17) is 0 Å². The Hall–Kier alpha value is -1.32. The quantitative estimate of drug-likeness (QED) is 0.685. The van der Waals surface area contributed by atoms with Crippen LogP contribution in [0.4, 0.5) is 8.78 Å². The topological polar surface area (TPSA) is 29.4 Å². The number of hydrogen-bond acceptors (Lipinski definition) is 2. The van der Waals surface area contributed by atoms with Crippen LogP contribution in [0.15, 0.2) is 35.5 Å². The van der Waals surface area contributed by atoms with E-state index in [1.165, 1.54) is 24.3 Å². The third-order valence-corrected chi connectivity index (χ3v) is 2.27. The highest BCUT2D eigenvalue weighted by Crippen LogP contribution is 2.35. The first-order chi connectivity index (χ1) is 7.12. The fourth-order valence-electron chi connectivity index (χ4n) is 1.43. The molecule has 1 aromatic rings. The number of nitrogens with zero attached hydrogens (tertiary/aromatic N) is 1. The lowest BCUT2D eigenvalue weighted by Crippen LogP contribution is -2.29. The predicted molar refractivity (Wildman–Crippen MR) is 54.8 cm³/mol. The van der Waals surface area contributed by atoms with Crippen LogP contribution in [0, 0.1) is 4.91 Å². The molecule has 82 valence electrons. The molecule has 1 rings (SSSR count). The molecule has 0 aliphatic carbocycles. The molecule has 0 saturated carbocycles. The Labute approximate surface area is 87.3 Å². The summed E-state index contributed by atoms with van der Waals surface area (Å²) in [5.74, 6) is -3.17. The normalized spacial score (nSPS) is 13.5. The number of alkyl halides is 2. The smallest absolute Gasteiger partial charge is 0.199 e. The molecule has 0 aliphatic heterocycles. The van der Waals surface area contributed by atoms with Gasteiger partial charge < -0.3 is 0 Å². The Morgan fingerprint density at radius 1 is 1.33 bits per heavy atom. The number of nitroso groups, excluding NO2 is 1. The maximum atomic E-state index is 13.7. The summed E-state index contributed by atoms with van der Waals surface area (Å²) in [6.07, 6.45) is 0.615. The van der Waals surface area contributed by atoms with Crippen molar-refractivity contribution in [3.05, 3.63) is 40.8 Å². The zero-order valence-corrected chi connectivity index (χ0v) is 8.49. The molecule has 0 aromatic heterocycles. The van der Waals surface area contributed by atoms with Gasteiger partial charge in [0.15, 0.2) is 6.04 Å². The summed E-state index contributed by atoms with van der Waals surface area (Å²) in [6, 6.07) is 5.86. The third-order valence-electron chi connectivity index (χ3n) is 2.27. The highest BCUT2D eigenvalue weighted by atomic mass is 19.3. The Kier molecular flexibility index (Phi) is 3.88. The molecule has 0 amide bonds. The lowest BCUT2D eigenvalue weighted by molar-refractivity contribution is -0.0334.